The predicted octanol–water partition coefficient (Wildman–Crippen LogP) is 2.23. The van der Waals surface area contributed by atoms with Crippen LogP contribution in [0, 0.1) is 0 Å². The minimum atomic E-state index is -4.06. The standard InChI is InChI=1S/C16H20NO4P/c18-16(14-9-5-2-6-10-14)15(13-7-3-1-4-8-13)17-11-12-22(19,20)21/h1-10,15-18H,11-12H2,(H2,19,20,21)/t15-,16+/m0/s1. The van der Waals surface area contributed by atoms with Gasteiger partial charge in [-0.3, -0.25) is 4.57 Å². The van der Waals surface area contributed by atoms with Crippen LogP contribution < -0.4 is 5.32 Å². The van der Waals surface area contributed by atoms with Gasteiger partial charge in [0.1, 0.15) is 0 Å². The molecule has 0 aliphatic carbocycles. The first-order valence-corrected chi connectivity index (χ1v) is 8.83. The lowest BCUT2D eigenvalue weighted by Gasteiger charge is -2.25. The number of rotatable bonds is 7. The van der Waals surface area contributed by atoms with Gasteiger partial charge in [-0.05, 0) is 11.1 Å². The maximum Gasteiger partial charge on any atom is 0.326 e. The monoisotopic (exact) mass is 321 g/mol. The van der Waals surface area contributed by atoms with E-state index in [1.807, 2.05) is 60.7 Å². The molecule has 2 aromatic rings. The summed E-state index contributed by atoms with van der Waals surface area (Å²) in [6.45, 7) is 0.119. The second kappa shape index (κ2) is 7.68. The van der Waals surface area contributed by atoms with E-state index in [4.69, 9.17) is 9.79 Å². The summed E-state index contributed by atoms with van der Waals surface area (Å²) in [4.78, 5) is 17.9. The van der Waals surface area contributed by atoms with Crippen LogP contribution >= 0.6 is 7.60 Å². The quantitative estimate of drug-likeness (QED) is 0.587. The first-order valence-electron chi connectivity index (χ1n) is 7.03. The summed E-state index contributed by atoms with van der Waals surface area (Å²) in [6.07, 6.45) is -1.07. The van der Waals surface area contributed by atoms with E-state index in [0.717, 1.165) is 11.1 Å². The molecule has 0 spiro atoms. The molecule has 0 aromatic heterocycles. The topological polar surface area (TPSA) is 89.8 Å². The Labute approximate surface area is 129 Å². The van der Waals surface area contributed by atoms with Crippen LogP contribution in [0.1, 0.15) is 23.3 Å². The van der Waals surface area contributed by atoms with Crippen LogP contribution in [-0.4, -0.2) is 27.6 Å². The van der Waals surface area contributed by atoms with Crippen molar-refractivity contribution in [1.82, 2.24) is 5.32 Å². The van der Waals surface area contributed by atoms with E-state index in [0.29, 0.717) is 0 Å². The van der Waals surface area contributed by atoms with Gasteiger partial charge in [-0.2, -0.15) is 0 Å². The zero-order chi connectivity index (χ0) is 16.0. The van der Waals surface area contributed by atoms with E-state index >= 15 is 0 Å². The van der Waals surface area contributed by atoms with Crippen molar-refractivity contribution in [1.29, 1.82) is 0 Å². The highest BCUT2D eigenvalue weighted by Gasteiger charge is 2.23. The van der Waals surface area contributed by atoms with Crippen LogP contribution in [0.4, 0.5) is 0 Å². The molecule has 4 N–H and O–H groups in total. The molecular weight excluding hydrogens is 301 g/mol. The first-order chi connectivity index (χ1) is 10.5. The lowest BCUT2D eigenvalue weighted by Crippen LogP contribution is -2.29. The Kier molecular flexibility index (Phi) is 5.89. The van der Waals surface area contributed by atoms with Crippen molar-refractivity contribution in [3.63, 3.8) is 0 Å². The van der Waals surface area contributed by atoms with Crippen molar-refractivity contribution in [2.75, 3.05) is 12.7 Å². The fraction of sp³-hybridized carbons (Fsp3) is 0.250. The summed E-state index contributed by atoms with van der Waals surface area (Å²) < 4.78 is 11.0. The highest BCUT2D eigenvalue weighted by molar-refractivity contribution is 7.51. The van der Waals surface area contributed by atoms with E-state index in [9.17, 15) is 9.67 Å². The maximum atomic E-state index is 11.0. The second-order valence-corrected chi connectivity index (χ2v) is 6.86. The third-order valence-electron chi connectivity index (χ3n) is 3.38. The summed E-state index contributed by atoms with van der Waals surface area (Å²) in [7, 11) is -4.06. The average Bonchev–Trinajstić information content (AvgIpc) is 2.52. The number of benzene rings is 2. The molecule has 2 aromatic carbocycles. The van der Waals surface area contributed by atoms with Crippen molar-refractivity contribution < 1.29 is 19.5 Å². The van der Waals surface area contributed by atoms with Crippen LogP contribution in [-0.2, 0) is 4.57 Å². The lowest BCUT2D eigenvalue weighted by molar-refractivity contribution is 0.129. The van der Waals surface area contributed by atoms with Gasteiger partial charge in [0.15, 0.2) is 0 Å². The molecule has 5 nitrogen and oxygen atoms in total. The van der Waals surface area contributed by atoms with Crippen molar-refractivity contribution in [3.8, 4) is 0 Å². The Morgan fingerprint density at radius 3 is 1.91 bits per heavy atom. The molecule has 118 valence electrons. The zero-order valence-corrected chi connectivity index (χ0v) is 12.9. The summed E-state index contributed by atoms with van der Waals surface area (Å²) in [5.41, 5.74) is 1.62. The third-order valence-corrected chi connectivity index (χ3v) is 4.19. The number of nitrogens with one attached hydrogen (secondary N) is 1. The Balaban J connectivity index is 2.17. The number of hydrogen-bond acceptors (Lipinski definition) is 3. The molecule has 2 rings (SSSR count). The van der Waals surface area contributed by atoms with Crippen LogP contribution in [0.5, 0.6) is 0 Å². The fourth-order valence-electron chi connectivity index (χ4n) is 2.28. The molecule has 0 heterocycles. The minimum absolute atomic E-state index is 0.119. The maximum absolute atomic E-state index is 11.0. The Hall–Kier alpha value is -1.49. The Morgan fingerprint density at radius 1 is 0.909 bits per heavy atom. The van der Waals surface area contributed by atoms with Crippen molar-refractivity contribution in [3.05, 3.63) is 71.8 Å². The van der Waals surface area contributed by atoms with Gasteiger partial charge in [-0.1, -0.05) is 60.7 Å². The van der Waals surface area contributed by atoms with Gasteiger partial charge < -0.3 is 20.2 Å². The number of hydrogen-bond donors (Lipinski definition) is 4. The van der Waals surface area contributed by atoms with Gasteiger partial charge in [-0.25, -0.2) is 0 Å². The smallest absolute Gasteiger partial charge is 0.326 e. The number of aliphatic hydroxyl groups is 1. The van der Waals surface area contributed by atoms with E-state index in [1.54, 1.807) is 0 Å². The molecule has 0 unspecified atom stereocenters. The highest BCUT2D eigenvalue weighted by Crippen LogP contribution is 2.34. The van der Waals surface area contributed by atoms with E-state index in [1.165, 1.54) is 0 Å². The van der Waals surface area contributed by atoms with Gasteiger partial charge in [0.2, 0.25) is 0 Å². The molecular formula is C16H20NO4P. The zero-order valence-electron chi connectivity index (χ0n) is 12.0. The number of aliphatic hydroxyl groups excluding tert-OH is 1. The highest BCUT2D eigenvalue weighted by atomic mass is 31.2. The largest absolute Gasteiger partial charge is 0.386 e. The van der Waals surface area contributed by atoms with E-state index in [2.05, 4.69) is 5.32 Å². The van der Waals surface area contributed by atoms with Crippen LogP contribution in [0.3, 0.4) is 0 Å². The molecule has 0 saturated carbocycles. The predicted molar refractivity (Wildman–Crippen MR) is 85.5 cm³/mol. The van der Waals surface area contributed by atoms with Gasteiger partial charge in [0, 0.05) is 6.54 Å². The third kappa shape index (κ3) is 5.05. The summed E-state index contributed by atoms with van der Waals surface area (Å²) in [5.74, 6) is 0. The molecule has 0 aliphatic heterocycles. The van der Waals surface area contributed by atoms with E-state index in [-0.39, 0.29) is 12.7 Å². The van der Waals surface area contributed by atoms with Crippen LogP contribution in [0.15, 0.2) is 60.7 Å². The first kappa shape index (κ1) is 16.9. The van der Waals surface area contributed by atoms with Crippen LogP contribution in [0.25, 0.3) is 0 Å². The normalized spacial score (nSPS) is 14.5. The lowest BCUT2D eigenvalue weighted by atomic mass is 9.96. The fourth-order valence-corrected chi connectivity index (χ4v) is 2.70. The molecule has 0 saturated heterocycles. The average molecular weight is 321 g/mol. The SMILES string of the molecule is O=P(O)(O)CCN[C@@H](c1ccccc1)[C@H](O)c1ccccc1. The van der Waals surface area contributed by atoms with Gasteiger partial charge in [-0.15, -0.1) is 0 Å². The van der Waals surface area contributed by atoms with Crippen molar-refractivity contribution in [2.24, 2.45) is 0 Å². The van der Waals surface area contributed by atoms with Gasteiger partial charge in [0.25, 0.3) is 0 Å². The molecule has 6 heteroatoms. The minimum Gasteiger partial charge on any atom is -0.386 e. The second-order valence-electron chi connectivity index (χ2n) is 5.09. The molecule has 2 atom stereocenters. The van der Waals surface area contributed by atoms with Crippen LogP contribution in [0.2, 0.25) is 0 Å². The molecule has 22 heavy (non-hydrogen) atoms. The molecule has 0 aliphatic rings. The summed E-state index contributed by atoms with van der Waals surface area (Å²) >= 11 is 0. The molecule has 0 amide bonds. The summed E-state index contributed by atoms with van der Waals surface area (Å²) in [5, 5.41) is 13.7. The molecule has 0 bridgehead atoms. The van der Waals surface area contributed by atoms with Crippen molar-refractivity contribution in [2.45, 2.75) is 12.1 Å². The molecule has 0 radical (unpaired) electrons. The van der Waals surface area contributed by atoms with Crippen molar-refractivity contribution >= 4 is 7.60 Å². The Morgan fingerprint density at radius 2 is 1.41 bits per heavy atom. The Bertz CT molecular complexity index is 615. The van der Waals surface area contributed by atoms with Gasteiger partial charge >= 0.3 is 7.60 Å². The van der Waals surface area contributed by atoms with Gasteiger partial charge in [0.05, 0.1) is 18.3 Å². The summed E-state index contributed by atoms with van der Waals surface area (Å²) in [6, 6.07) is 18.1. The molecule has 0 fully saturated rings. The van der Waals surface area contributed by atoms with E-state index < -0.39 is 19.7 Å².